The molecule has 0 radical (unpaired) electrons. The van der Waals surface area contributed by atoms with Crippen molar-refractivity contribution in [3.05, 3.63) is 34.2 Å². The van der Waals surface area contributed by atoms with Crippen LogP contribution in [0.2, 0.25) is 5.02 Å². The normalized spacial score (nSPS) is 11.5. The Labute approximate surface area is 99.1 Å². The topological polar surface area (TPSA) is 12.0 Å². The first-order valence-electron chi connectivity index (χ1n) is 5.07. The van der Waals surface area contributed by atoms with Gasteiger partial charge in [0.2, 0.25) is 0 Å². The Morgan fingerprint density at radius 1 is 1.40 bits per heavy atom. The number of halogens is 1. The average molecular weight is 240 g/mol. The fourth-order valence-electron chi connectivity index (χ4n) is 1.47. The van der Waals surface area contributed by atoms with E-state index in [-0.39, 0.29) is 0 Å². The van der Waals surface area contributed by atoms with Crippen molar-refractivity contribution in [1.82, 2.24) is 5.32 Å². The smallest absolute Gasteiger partial charge is 0.0584 e. The lowest BCUT2D eigenvalue weighted by atomic mass is 10.2. The van der Waals surface area contributed by atoms with Crippen LogP contribution < -0.4 is 5.32 Å². The third-order valence-corrected chi connectivity index (χ3v) is 3.84. The molecule has 0 atom stereocenters. The number of rotatable bonds is 3. The minimum absolute atomic E-state index is 0.519. The van der Waals surface area contributed by atoms with Crippen LogP contribution in [0.4, 0.5) is 0 Å². The highest BCUT2D eigenvalue weighted by Gasteiger charge is 2.04. The van der Waals surface area contributed by atoms with Gasteiger partial charge in [-0.15, -0.1) is 11.3 Å². The summed E-state index contributed by atoms with van der Waals surface area (Å²) in [5, 5.41) is 5.51. The number of fused-ring (bicyclic) bond motifs is 1. The maximum Gasteiger partial charge on any atom is 0.0584 e. The highest BCUT2D eigenvalue weighted by Crippen LogP contribution is 2.31. The highest BCUT2D eigenvalue weighted by atomic mass is 35.5. The maximum atomic E-state index is 6.12. The van der Waals surface area contributed by atoms with Crippen LogP contribution in [0, 0.1) is 0 Å². The zero-order valence-corrected chi connectivity index (χ0v) is 10.5. The van der Waals surface area contributed by atoms with Crippen molar-refractivity contribution in [2.24, 2.45) is 0 Å². The van der Waals surface area contributed by atoms with Gasteiger partial charge in [-0.2, -0.15) is 0 Å². The van der Waals surface area contributed by atoms with Gasteiger partial charge in [0.05, 0.1) is 9.72 Å². The van der Waals surface area contributed by atoms with E-state index in [1.807, 2.05) is 12.1 Å². The molecule has 0 aliphatic rings. The zero-order chi connectivity index (χ0) is 10.8. The second-order valence-corrected chi connectivity index (χ2v) is 5.45. The van der Waals surface area contributed by atoms with Gasteiger partial charge < -0.3 is 5.32 Å². The standard InChI is InChI=1S/C12H14ClNS/c1-8(2)14-7-10-6-9-4-3-5-11(13)12(9)15-10/h3-6,8,14H,7H2,1-2H3. The van der Waals surface area contributed by atoms with Gasteiger partial charge in [0.1, 0.15) is 0 Å². The summed E-state index contributed by atoms with van der Waals surface area (Å²) in [5.41, 5.74) is 0. The van der Waals surface area contributed by atoms with Crippen molar-refractivity contribution < 1.29 is 0 Å². The Hall–Kier alpha value is -0.570. The van der Waals surface area contributed by atoms with Crippen LogP contribution in [0.3, 0.4) is 0 Å². The second kappa shape index (κ2) is 4.52. The van der Waals surface area contributed by atoms with E-state index < -0.39 is 0 Å². The molecule has 0 saturated heterocycles. The Morgan fingerprint density at radius 2 is 2.20 bits per heavy atom. The molecule has 1 N–H and O–H groups in total. The quantitative estimate of drug-likeness (QED) is 0.852. The molecule has 15 heavy (non-hydrogen) atoms. The van der Waals surface area contributed by atoms with E-state index in [0.29, 0.717) is 6.04 Å². The predicted octanol–water partition coefficient (Wildman–Crippen LogP) is 4.05. The molecule has 0 aliphatic carbocycles. The number of hydrogen-bond acceptors (Lipinski definition) is 2. The van der Waals surface area contributed by atoms with Crippen LogP contribution in [-0.2, 0) is 6.54 Å². The summed E-state index contributed by atoms with van der Waals surface area (Å²) in [5.74, 6) is 0. The van der Waals surface area contributed by atoms with Gasteiger partial charge >= 0.3 is 0 Å². The minimum atomic E-state index is 0.519. The number of hydrogen-bond donors (Lipinski definition) is 1. The lowest BCUT2D eigenvalue weighted by Crippen LogP contribution is -2.21. The Kier molecular flexibility index (Phi) is 3.29. The molecule has 0 amide bonds. The molecule has 80 valence electrons. The summed E-state index contributed by atoms with van der Waals surface area (Å²) < 4.78 is 1.19. The molecule has 1 aromatic heterocycles. The Balaban J connectivity index is 2.27. The summed E-state index contributed by atoms with van der Waals surface area (Å²) in [6.07, 6.45) is 0. The lowest BCUT2D eigenvalue weighted by Gasteiger charge is -2.04. The van der Waals surface area contributed by atoms with Gasteiger partial charge in [-0.1, -0.05) is 37.6 Å². The van der Waals surface area contributed by atoms with E-state index >= 15 is 0 Å². The molecular formula is C12H14ClNS. The van der Waals surface area contributed by atoms with Crippen LogP contribution in [0.1, 0.15) is 18.7 Å². The third-order valence-electron chi connectivity index (χ3n) is 2.23. The molecule has 0 bridgehead atoms. The van der Waals surface area contributed by atoms with Crippen molar-refractivity contribution in [2.45, 2.75) is 26.4 Å². The van der Waals surface area contributed by atoms with Gasteiger partial charge in [0.25, 0.3) is 0 Å². The molecule has 0 saturated carbocycles. The summed E-state index contributed by atoms with van der Waals surface area (Å²) in [4.78, 5) is 1.34. The molecule has 0 aliphatic heterocycles. The van der Waals surface area contributed by atoms with Crippen molar-refractivity contribution in [3.8, 4) is 0 Å². The van der Waals surface area contributed by atoms with Crippen LogP contribution in [0.15, 0.2) is 24.3 Å². The van der Waals surface area contributed by atoms with Crippen molar-refractivity contribution in [3.63, 3.8) is 0 Å². The van der Waals surface area contributed by atoms with Crippen LogP contribution in [0.5, 0.6) is 0 Å². The fraction of sp³-hybridized carbons (Fsp3) is 0.333. The van der Waals surface area contributed by atoms with E-state index in [0.717, 1.165) is 11.6 Å². The first kappa shape index (κ1) is 10.9. The monoisotopic (exact) mass is 239 g/mol. The fourth-order valence-corrected chi connectivity index (χ4v) is 2.78. The third kappa shape index (κ3) is 2.51. The van der Waals surface area contributed by atoms with Crippen molar-refractivity contribution >= 4 is 33.0 Å². The van der Waals surface area contributed by atoms with Crippen molar-refractivity contribution in [1.29, 1.82) is 0 Å². The van der Waals surface area contributed by atoms with Crippen molar-refractivity contribution in [2.75, 3.05) is 0 Å². The number of thiophene rings is 1. The van der Waals surface area contributed by atoms with Gasteiger partial charge in [0.15, 0.2) is 0 Å². The Bertz CT molecular complexity index is 462. The molecule has 0 unspecified atom stereocenters. The largest absolute Gasteiger partial charge is 0.310 e. The summed E-state index contributed by atoms with van der Waals surface area (Å²) in [7, 11) is 0. The SMILES string of the molecule is CC(C)NCc1cc2cccc(Cl)c2s1. The van der Waals surface area contributed by atoms with E-state index in [4.69, 9.17) is 11.6 Å². The average Bonchev–Trinajstić information content (AvgIpc) is 2.59. The van der Waals surface area contributed by atoms with E-state index in [9.17, 15) is 0 Å². The van der Waals surface area contributed by atoms with Crippen LogP contribution in [0.25, 0.3) is 10.1 Å². The van der Waals surface area contributed by atoms with Gasteiger partial charge in [-0.25, -0.2) is 0 Å². The molecule has 1 nitrogen and oxygen atoms in total. The molecule has 2 aromatic rings. The number of nitrogens with one attached hydrogen (secondary N) is 1. The predicted molar refractivity (Wildman–Crippen MR) is 68.8 cm³/mol. The molecular weight excluding hydrogens is 226 g/mol. The number of benzene rings is 1. The minimum Gasteiger partial charge on any atom is -0.310 e. The highest BCUT2D eigenvalue weighted by molar-refractivity contribution is 7.19. The van der Waals surface area contributed by atoms with Gasteiger partial charge in [-0.3, -0.25) is 0 Å². The molecule has 0 spiro atoms. The summed E-state index contributed by atoms with van der Waals surface area (Å²) in [6.45, 7) is 5.23. The van der Waals surface area contributed by atoms with Gasteiger partial charge in [-0.05, 0) is 17.5 Å². The zero-order valence-electron chi connectivity index (χ0n) is 8.88. The summed E-state index contributed by atoms with van der Waals surface area (Å²) >= 11 is 7.89. The van der Waals surface area contributed by atoms with Gasteiger partial charge in [0, 0.05) is 17.5 Å². The van der Waals surface area contributed by atoms with Crippen LogP contribution in [-0.4, -0.2) is 6.04 Å². The van der Waals surface area contributed by atoms with E-state index in [2.05, 4.69) is 31.3 Å². The lowest BCUT2D eigenvalue weighted by molar-refractivity contribution is 0.593. The Morgan fingerprint density at radius 3 is 2.87 bits per heavy atom. The first-order valence-corrected chi connectivity index (χ1v) is 6.26. The molecule has 0 fully saturated rings. The van der Waals surface area contributed by atoms with Crippen LogP contribution >= 0.6 is 22.9 Å². The van der Waals surface area contributed by atoms with E-state index in [1.165, 1.54) is 15.0 Å². The molecule has 2 rings (SSSR count). The summed E-state index contributed by atoms with van der Waals surface area (Å²) in [6, 6.07) is 8.78. The van der Waals surface area contributed by atoms with E-state index in [1.54, 1.807) is 11.3 Å². The molecule has 3 heteroatoms. The second-order valence-electron chi connectivity index (χ2n) is 3.91. The first-order chi connectivity index (χ1) is 7.16. The molecule has 1 aromatic carbocycles. The molecule has 1 heterocycles. The maximum absolute atomic E-state index is 6.12.